The van der Waals surface area contributed by atoms with E-state index in [0.717, 1.165) is 16.3 Å². The molecule has 0 aromatic carbocycles. The lowest BCUT2D eigenvalue weighted by atomic mass is 10.2. The van der Waals surface area contributed by atoms with Crippen LogP contribution in [-0.4, -0.2) is 9.97 Å². The third kappa shape index (κ3) is 1.53. The van der Waals surface area contributed by atoms with Gasteiger partial charge in [0.2, 0.25) is 0 Å². The molecule has 3 nitrogen and oxygen atoms in total. The van der Waals surface area contributed by atoms with Crippen LogP contribution in [0.3, 0.4) is 0 Å². The van der Waals surface area contributed by atoms with Gasteiger partial charge in [-0.3, -0.25) is 0 Å². The van der Waals surface area contributed by atoms with Crippen LogP contribution in [0.15, 0.2) is 23.7 Å². The van der Waals surface area contributed by atoms with Crippen LogP contribution >= 0.6 is 11.3 Å². The van der Waals surface area contributed by atoms with E-state index in [4.69, 9.17) is 5.73 Å². The predicted octanol–water partition coefficient (Wildman–Crippen LogP) is 2.10. The van der Waals surface area contributed by atoms with Crippen LogP contribution in [0.25, 0.3) is 10.6 Å². The first kappa shape index (κ1) is 8.19. The van der Waals surface area contributed by atoms with E-state index in [0.29, 0.717) is 5.82 Å². The van der Waals surface area contributed by atoms with Crippen molar-refractivity contribution < 1.29 is 0 Å². The summed E-state index contributed by atoms with van der Waals surface area (Å²) in [4.78, 5) is 9.48. The Morgan fingerprint density at radius 1 is 1.38 bits per heavy atom. The Balaban J connectivity index is 2.53. The molecular formula is C9H9N3S. The average molecular weight is 191 g/mol. The van der Waals surface area contributed by atoms with Gasteiger partial charge in [-0.05, 0) is 19.1 Å². The smallest absolute Gasteiger partial charge is 0.124 e. The largest absolute Gasteiger partial charge is 0.384 e. The standard InChI is InChI=1S/C9H9N3S/c1-6-9(13-5-11-6)7-3-2-4-8(10)12-7/h2-5H,1H3,(H2,10,12). The van der Waals surface area contributed by atoms with Crippen molar-refractivity contribution in [1.82, 2.24) is 9.97 Å². The van der Waals surface area contributed by atoms with Crippen LogP contribution in [0, 0.1) is 6.92 Å². The quantitative estimate of drug-likeness (QED) is 0.751. The molecule has 0 bridgehead atoms. The Bertz CT molecular complexity index is 422. The molecule has 0 radical (unpaired) electrons. The third-order valence-corrected chi connectivity index (χ3v) is 2.70. The second-order valence-electron chi connectivity index (χ2n) is 2.71. The second-order valence-corrected chi connectivity index (χ2v) is 3.57. The molecule has 2 rings (SSSR count). The summed E-state index contributed by atoms with van der Waals surface area (Å²) < 4.78 is 0. The molecule has 0 saturated heterocycles. The number of anilines is 1. The minimum absolute atomic E-state index is 0.547. The van der Waals surface area contributed by atoms with Gasteiger partial charge in [0.05, 0.1) is 21.8 Å². The first-order valence-corrected chi connectivity index (χ1v) is 4.78. The molecular weight excluding hydrogens is 182 g/mol. The Morgan fingerprint density at radius 3 is 2.85 bits per heavy atom. The van der Waals surface area contributed by atoms with Crippen molar-refractivity contribution in [3.8, 4) is 10.6 Å². The van der Waals surface area contributed by atoms with Crippen LogP contribution in [0.4, 0.5) is 5.82 Å². The van der Waals surface area contributed by atoms with Gasteiger partial charge in [-0.15, -0.1) is 11.3 Å². The molecule has 0 aliphatic heterocycles. The van der Waals surface area contributed by atoms with Gasteiger partial charge in [0, 0.05) is 0 Å². The summed E-state index contributed by atoms with van der Waals surface area (Å²) in [5.74, 6) is 0.547. The van der Waals surface area contributed by atoms with E-state index in [9.17, 15) is 0 Å². The number of hydrogen-bond acceptors (Lipinski definition) is 4. The molecule has 0 aliphatic carbocycles. The number of thiazole rings is 1. The number of nitrogen functional groups attached to an aromatic ring is 1. The summed E-state index contributed by atoms with van der Waals surface area (Å²) in [7, 11) is 0. The number of rotatable bonds is 1. The highest BCUT2D eigenvalue weighted by Gasteiger charge is 2.05. The van der Waals surface area contributed by atoms with Crippen molar-refractivity contribution >= 4 is 17.2 Å². The highest BCUT2D eigenvalue weighted by molar-refractivity contribution is 7.13. The molecule has 13 heavy (non-hydrogen) atoms. The van der Waals surface area contributed by atoms with E-state index in [-0.39, 0.29) is 0 Å². The van der Waals surface area contributed by atoms with E-state index in [2.05, 4.69) is 9.97 Å². The lowest BCUT2D eigenvalue weighted by Gasteiger charge is -1.98. The van der Waals surface area contributed by atoms with Crippen molar-refractivity contribution in [2.45, 2.75) is 6.92 Å². The molecule has 2 aromatic heterocycles. The topological polar surface area (TPSA) is 51.8 Å². The summed E-state index contributed by atoms with van der Waals surface area (Å²) in [5.41, 5.74) is 9.31. The summed E-state index contributed by atoms with van der Waals surface area (Å²) in [5, 5.41) is 0. The summed E-state index contributed by atoms with van der Waals surface area (Å²) in [6.07, 6.45) is 0. The molecule has 0 aliphatic rings. The third-order valence-electron chi connectivity index (χ3n) is 1.75. The first-order chi connectivity index (χ1) is 6.27. The van der Waals surface area contributed by atoms with Gasteiger partial charge < -0.3 is 5.73 Å². The van der Waals surface area contributed by atoms with Gasteiger partial charge in [-0.1, -0.05) is 6.07 Å². The van der Waals surface area contributed by atoms with Crippen molar-refractivity contribution in [2.75, 3.05) is 5.73 Å². The predicted molar refractivity (Wildman–Crippen MR) is 54.5 cm³/mol. The molecule has 0 fully saturated rings. The Hall–Kier alpha value is -1.42. The zero-order valence-corrected chi connectivity index (χ0v) is 8.01. The zero-order chi connectivity index (χ0) is 9.26. The molecule has 2 aromatic rings. The number of pyridine rings is 1. The average Bonchev–Trinajstić information content (AvgIpc) is 2.51. The van der Waals surface area contributed by atoms with Crippen molar-refractivity contribution in [3.05, 3.63) is 29.4 Å². The minimum Gasteiger partial charge on any atom is -0.384 e. The monoisotopic (exact) mass is 191 g/mol. The molecule has 0 amide bonds. The highest BCUT2D eigenvalue weighted by Crippen LogP contribution is 2.25. The van der Waals surface area contributed by atoms with Gasteiger partial charge in [0.25, 0.3) is 0 Å². The van der Waals surface area contributed by atoms with Crippen LogP contribution in [0.5, 0.6) is 0 Å². The second kappa shape index (κ2) is 3.14. The summed E-state index contributed by atoms with van der Waals surface area (Å²) >= 11 is 1.58. The van der Waals surface area contributed by atoms with Gasteiger partial charge in [0.15, 0.2) is 0 Å². The van der Waals surface area contributed by atoms with E-state index in [1.165, 1.54) is 0 Å². The molecule has 0 atom stereocenters. The van der Waals surface area contributed by atoms with Gasteiger partial charge >= 0.3 is 0 Å². The maximum atomic E-state index is 5.59. The number of hydrogen-bond donors (Lipinski definition) is 1. The fourth-order valence-electron chi connectivity index (χ4n) is 1.13. The van der Waals surface area contributed by atoms with Gasteiger partial charge in [0.1, 0.15) is 5.82 Å². The Kier molecular flexibility index (Phi) is 1.98. The molecule has 0 saturated carbocycles. The lowest BCUT2D eigenvalue weighted by molar-refractivity contribution is 1.25. The van der Waals surface area contributed by atoms with Crippen LogP contribution in [0.2, 0.25) is 0 Å². The van der Waals surface area contributed by atoms with Gasteiger partial charge in [-0.25, -0.2) is 9.97 Å². The molecule has 2 N–H and O–H groups in total. The Labute approximate surface area is 80.3 Å². The molecule has 0 unspecified atom stereocenters. The van der Waals surface area contributed by atoms with E-state index < -0.39 is 0 Å². The van der Waals surface area contributed by atoms with Crippen LogP contribution < -0.4 is 5.73 Å². The molecule has 4 heteroatoms. The van der Waals surface area contributed by atoms with Gasteiger partial charge in [-0.2, -0.15) is 0 Å². The van der Waals surface area contributed by atoms with Crippen molar-refractivity contribution in [3.63, 3.8) is 0 Å². The number of nitrogens with zero attached hydrogens (tertiary/aromatic N) is 2. The van der Waals surface area contributed by atoms with Crippen LogP contribution in [0.1, 0.15) is 5.69 Å². The Morgan fingerprint density at radius 2 is 2.23 bits per heavy atom. The molecule has 0 spiro atoms. The van der Waals surface area contributed by atoms with Crippen molar-refractivity contribution in [1.29, 1.82) is 0 Å². The highest BCUT2D eigenvalue weighted by atomic mass is 32.1. The fraction of sp³-hybridized carbons (Fsp3) is 0.111. The summed E-state index contributed by atoms with van der Waals surface area (Å²) in [6.45, 7) is 1.97. The normalized spacial score (nSPS) is 10.2. The number of aromatic nitrogens is 2. The zero-order valence-electron chi connectivity index (χ0n) is 7.19. The SMILES string of the molecule is Cc1ncsc1-c1cccc(N)n1. The molecule has 66 valence electrons. The summed E-state index contributed by atoms with van der Waals surface area (Å²) in [6, 6.07) is 5.62. The van der Waals surface area contributed by atoms with E-state index in [1.807, 2.05) is 24.6 Å². The van der Waals surface area contributed by atoms with Crippen LogP contribution in [-0.2, 0) is 0 Å². The number of aryl methyl sites for hydroxylation is 1. The van der Waals surface area contributed by atoms with E-state index >= 15 is 0 Å². The maximum Gasteiger partial charge on any atom is 0.124 e. The fourth-order valence-corrected chi connectivity index (χ4v) is 1.90. The van der Waals surface area contributed by atoms with E-state index in [1.54, 1.807) is 17.4 Å². The minimum atomic E-state index is 0.547. The molecule has 2 heterocycles. The number of nitrogens with two attached hydrogens (primary N) is 1. The van der Waals surface area contributed by atoms with Crippen molar-refractivity contribution in [2.24, 2.45) is 0 Å². The lowest BCUT2D eigenvalue weighted by Crippen LogP contribution is -1.90. The maximum absolute atomic E-state index is 5.59. The first-order valence-electron chi connectivity index (χ1n) is 3.90.